The van der Waals surface area contributed by atoms with Gasteiger partial charge in [0.2, 0.25) is 0 Å². The van der Waals surface area contributed by atoms with Gasteiger partial charge in [0, 0.05) is 41.8 Å². The summed E-state index contributed by atoms with van der Waals surface area (Å²) in [5.74, 6) is -0.155. The molecule has 0 bridgehead atoms. The number of ketones is 2. The van der Waals surface area contributed by atoms with E-state index in [1.54, 1.807) is 35.7 Å². The van der Waals surface area contributed by atoms with Crippen LogP contribution in [0.25, 0.3) is 0 Å². The second-order valence-electron chi connectivity index (χ2n) is 9.01. The lowest BCUT2D eigenvalue weighted by Gasteiger charge is -2.22. The van der Waals surface area contributed by atoms with Crippen LogP contribution in [0.2, 0.25) is 0 Å². The van der Waals surface area contributed by atoms with E-state index in [0.717, 1.165) is 45.3 Å². The maximum Gasteiger partial charge on any atom is 0.195 e. The van der Waals surface area contributed by atoms with Crippen molar-refractivity contribution in [1.82, 2.24) is 0 Å². The van der Waals surface area contributed by atoms with E-state index in [-0.39, 0.29) is 11.6 Å². The minimum atomic E-state index is -0.0777. The molecule has 0 N–H and O–H groups in total. The molecule has 0 fully saturated rings. The van der Waals surface area contributed by atoms with Gasteiger partial charge in [-0.05, 0) is 60.4 Å². The molecular formula is C32H28O2S2. The molecule has 4 aromatic carbocycles. The topological polar surface area (TPSA) is 34.1 Å². The van der Waals surface area contributed by atoms with Crippen molar-refractivity contribution in [2.24, 2.45) is 0 Å². The third kappa shape index (κ3) is 4.93. The van der Waals surface area contributed by atoms with Gasteiger partial charge in [-0.1, -0.05) is 98.7 Å². The molecule has 0 aromatic heterocycles. The summed E-state index contributed by atoms with van der Waals surface area (Å²) in [6.45, 7) is 4.35. The molecule has 1 aliphatic carbocycles. The lowest BCUT2D eigenvalue weighted by molar-refractivity contribution is 0.0974. The van der Waals surface area contributed by atoms with Crippen molar-refractivity contribution in [2.75, 3.05) is 0 Å². The number of hydrogen-bond donors (Lipinski definition) is 0. The molecule has 0 heterocycles. The number of benzene rings is 4. The van der Waals surface area contributed by atoms with Gasteiger partial charge >= 0.3 is 0 Å². The summed E-state index contributed by atoms with van der Waals surface area (Å²) in [5.41, 5.74) is 4.63. The molecule has 2 nitrogen and oxygen atoms in total. The second-order valence-corrected chi connectivity index (χ2v) is 11.2. The summed E-state index contributed by atoms with van der Waals surface area (Å²) in [7, 11) is 0. The highest BCUT2D eigenvalue weighted by molar-refractivity contribution is 7.99. The first kappa shape index (κ1) is 24.6. The summed E-state index contributed by atoms with van der Waals surface area (Å²) in [4.78, 5) is 31.3. The molecule has 0 aliphatic heterocycles. The van der Waals surface area contributed by atoms with Crippen LogP contribution in [-0.2, 0) is 12.8 Å². The van der Waals surface area contributed by atoms with Crippen molar-refractivity contribution in [2.45, 2.75) is 59.1 Å². The van der Waals surface area contributed by atoms with Gasteiger partial charge in [0.05, 0.1) is 0 Å². The summed E-state index contributed by atoms with van der Waals surface area (Å²) in [5, 5.41) is 0. The van der Waals surface area contributed by atoms with Gasteiger partial charge in [0.1, 0.15) is 0 Å². The Balaban J connectivity index is 1.47. The molecule has 0 radical (unpaired) electrons. The van der Waals surface area contributed by atoms with Gasteiger partial charge in [-0.25, -0.2) is 0 Å². The monoisotopic (exact) mass is 508 g/mol. The minimum Gasteiger partial charge on any atom is -0.289 e. The predicted octanol–water partition coefficient (Wildman–Crippen LogP) is 8.67. The highest BCUT2D eigenvalue weighted by atomic mass is 32.2. The Morgan fingerprint density at radius 1 is 0.528 bits per heavy atom. The van der Waals surface area contributed by atoms with Crippen LogP contribution in [0.5, 0.6) is 0 Å². The van der Waals surface area contributed by atoms with Crippen LogP contribution in [0.3, 0.4) is 0 Å². The summed E-state index contributed by atoms with van der Waals surface area (Å²) in [6.07, 6.45) is 4.33. The third-order valence-corrected chi connectivity index (χ3v) is 8.51. The average Bonchev–Trinajstić information content (AvgIpc) is 2.90. The quantitative estimate of drug-likeness (QED) is 0.210. The fourth-order valence-electron chi connectivity index (χ4n) is 4.63. The predicted molar refractivity (Wildman–Crippen MR) is 149 cm³/mol. The van der Waals surface area contributed by atoms with E-state index in [9.17, 15) is 9.59 Å². The van der Waals surface area contributed by atoms with Crippen molar-refractivity contribution in [3.05, 3.63) is 118 Å². The first-order chi connectivity index (χ1) is 17.6. The first-order valence-corrected chi connectivity index (χ1v) is 14.1. The molecule has 0 saturated heterocycles. The number of aryl methyl sites for hydroxylation is 2. The van der Waals surface area contributed by atoms with Crippen LogP contribution >= 0.6 is 23.5 Å². The standard InChI is InChI=1S/C32H28O2S2/c1-3-7-21-13-17-23(18-14-21)35-27-11-5-9-25-29(27)31(33)26-10-6-12-28(30(26)32(25)34)36-24-19-15-22(8-4-2)16-20-24/h5-6,9-20H,3-4,7-8H2,1-2H3. The number of hydrogen-bond acceptors (Lipinski definition) is 4. The van der Waals surface area contributed by atoms with Gasteiger partial charge in [-0.15, -0.1) is 0 Å². The van der Waals surface area contributed by atoms with Crippen molar-refractivity contribution in [1.29, 1.82) is 0 Å². The zero-order valence-corrected chi connectivity index (χ0v) is 22.2. The van der Waals surface area contributed by atoms with Crippen LogP contribution in [-0.4, -0.2) is 11.6 Å². The zero-order chi connectivity index (χ0) is 25.1. The van der Waals surface area contributed by atoms with Crippen molar-refractivity contribution >= 4 is 35.1 Å². The van der Waals surface area contributed by atoms with Crippen LogP contribution in [0.15, 0.2) is 105 Å². The maximum atomic E-state index is 13.8. The lowest BCUT2D eigenvalue weighted by atomic mass is 9.84. The van der Waals surface area contributed by atoms with Gasteiger partial charge < -0.3 is 0 Å². The molecular weight excluding hydrogens is 480 g/mol. The smallest absolute Gasteiger partial charge is 0.195 e. The molecule has 0 unspecified atom stereocenters. The summed E-state index contributed by atoms with van der Waals surface area (Å²) in [6, 6.07) is 28.2. The number of fused-ring (bicyclic) bond motifs is 2. The molecule has 36 heavy (non-hydrogen) atoms. The Morgan fingerprint density at radius 3 is 1.28 bits per heavy atom. The highest BCUT2D eigenvalue weighted by Gasteiger charge is 2.33. The molecule has 180 valence electrons. The van der Waals surface area contributed by atoms with E-state index < -0.39 is 0 Å². The van der Waals surface area contributed by atoms with E-state index in [2.05, 4.69) is 62.4 Å². The van der Waals surface area contributed by atoms with Crippen molar-refractivity contribution in [3.63, 3.8) is 0 Å². The van der Waals surface area contributed by atoms with Crippen LogP contribution in [0.1, 0.15) is 69.7 Å². The molecule has 0 spiro atoms. The third-order valence-electron chi connectivity index (χ3n) is 6.38. The number of carbonyl (C=O) groups is 2. The van der Waals surface area contributed by atoms with E-state index in [1.165, 1.54) is 11.1 Å². The molecule has 5 rings (SSSR count). The normalized spacial score (nSPS) is 12.4. The van der Waals surface area contributed by atoms with Crippen LogP contribution in [0, 0.1) is 0 Å². The van der Waals surface area contributed by atoms with Gasteiger partial charge in [0.15, 0.2) is 11.6 Å². The number of carbonyl (C=O) groups excluding carboxylic acids is 2. The van der Waals surface area contributed by atoms with E-state index >= 15 is 0 Å². The van der Waals surface area contributed by atoms with Crippen molar-refractivity contribution < 1.29 is 9.59 Å². The molecule has 4 heteroatoms. The van der Waals surface area contributed by atoms with Gasteiger partial charge in [-0.2, -0.15) is 0 Å². The SMILES string of the molecule is CCCc1ccc(Sc2cccc3c2C(=O)c2cccc(Sc4ccc(CCC)cc4)c2C3=O)cc1. The Morgan fingerprint density at radius 2 is 0.917 bits per heavy atom. The highest BCUT2D eigenvalue weighted by Crippen LogP contribution is 2.41. The Labute approximate surface area is 221 Å². The summed E-state index contributed by atoms with van der Waals surface area (Å²) >= 11 is 3.09. The van der Waals surface area contributed by atoms with Gasteiger partial charge in [0.25, 0.3) is 0 Å². The summed E-state index contributed by atoms with van der Waals surface area (Å²) < 4.78 is 0. The Kier molecular flexibility index (Phi) is 7.45. The molecule has 0 saturated carbocycles. The minimum absolute atomic E-state index is 0.0777. The molecule has 0 atom stereocenters. The van der Waals surface area contributed by atoms with E-state index in [0.29, 0.717) is 22.3 Å². The van der Waals surface area contributed by atoms with Crippen LogP contribution in [0.4, 0.5) is 0 Å². The Hall–Kier alpha value is -3.08. The first-order valence-electron chi connectivity index (χ1n) is 12.5. The lowest BCUT2D eigenvalue weighted by Crippen LogP contribution is -2.22. The second kappa shape index (κ2) is 10.9. The molecule has 0 amide bonds. The van der Waals surface area contributed by atoms with Gasteiger partial charge in [-0.3, -0.25) is 9.59 Å². The van der Waals surface area contributed by atoms with Crippen LogP contribution < -0.4 is 0 Å². The van der Waals surface area contributed by atoms with E-state index in [4.69, 9.17) is 0 Å². The number of rotatable bonds is 8. The molecule has 4 aromatic rings. The average molecular weight is 509 g/mol. The maximum absolute atomic E-state index is 13.8. The fraction of sp³-hybridized carbons (Fsp3) is 0.188. The largest absolute Gasteiger partial charge is 0.289 e. The zero-order valence-electron chi connectivity index (χ0n) is 20.5. The van der Waals surface area contributed by atoms with E-state index in [1.807, 2.05) is 24.3 Å². The fourth-order valence-corrected chi connectivity index (χ4v) is 6.58. The molecule has 1 aliphatic rings. The Bertz CT molecular complexity index is 1310. The van der Waals surface area contributed by atoms with Crippen molar-refractivity contribution in [3.8, 4) is 0 Å².